The number of aliphatic carboxylic acids is 1. The van der Waals surface area contributed by atoms with Gasteiger partial charge >= 0.3 is 5.97 Å². The predicted molar refractivity (Wildman–Crippen MR) is 163 cm³/mol. The van der Waals surface area contributed by atoms with E-state index in [0.717, 1.165) is 10.9 Å². The summed E-state index contributed by atoms with van der Waals surface area (Å²) in [5.74, 6) is -4.08. The normalized spacial score (nSPS) is 13.9. The van der Waals surface area contributed by atoms with Gasteiger partial charge in [0.1, 0.15) is 23.9 Å². The van der Waals surface area contributed by atoms with Crippen LogP contribution in [0.5, 0.6) is 5.75 Å². The molecule has 2 aromatic carbocycles. The van der Waals surface area contributed by atoms with E-state index in [4.69, 9.17) is 11.5 Å². The maximum absolute atomic E-state index is 13.7. The van der Waals surface area contributed by atoms with E-state index in [1.807, 2.05) is 24.3 Å². The Morgan fingerprint density at radius 3 is 2.09 bits per heavy atom. The number of carboxylic acid groups (broad SMARTS) is 1. The second-order valence-electron chi connectivity index (χ2n) is 11.2. The minimum atomic E-state index is -1.31. The van der Waals surface area contributed by atoms with Gasteiger partial charge in [-0.3, -0.25) is 19.2 Å². The molecule has 0 radical (unpaired) electrons. The number of aromatic nitrogens is 1. The zero-order valence-corrected chi connectivity index (χ0v) is 24.7. The molecule has 3 aromatic rings. The van der Waals surface area contributed by atoms with E-state index in [9.17, 15) is 34.2 Å². The molecular weight excluding hydrogens is 568 g/mol. The van der Waals surface area contributed by atoms with E-state index in [0.29, 0.717) is 11.1 Å². The van der Waals surface area contributed by atoms with Crippen LogP contribution < -0.4 is 27.4 Å². The average molecular weight is 609 g/mol. The van der Waals surface area contributed by atoms with Crippen LogP contribution in [-0.4, -0.2) is 69.0 Å². The molecular formula is C31H40N6O7. The smallest absolute Gasteiger partial charge is 0.326 e. The number of hydrogen-bond acceptors (Lipinski definition) is 7. The number of carbonyl (C=O) groups excluding carboxylic acids is 4. The van der Waals surface area contributed by atoms with Gasteiger partial charge in [-0.1, -0.05) is 44.2 Å². The second kappa shape index (κ2) is 15.5. The summed E-state index contributed by atoms with van der Waals surface area (Å²) < 4.78 is 0. The molecule has 0 saturated heterocycles. The van der Waals surface area contributed by atoms with Gasteiger partial charge in [0.2, 0.25) is 23.6 Å². The van der Waals surface area contributed by atoms with Crippen LogP contribution in [0.2, 0.25) is 0 Å². The quantitative estimate of drug-likeness (QED) is 0.116. The number of para-hydroxylation sites is 1. The first-order chi connectivity index (χ1) is 20.8. The molecule has 0 aliphatic heterocycles. The average Bonchev–Trinajstić information content (AvgIpc) is 3.37. The summed E-state index contributed by atoms with van der Waals surface area (Å²) in [4.78, 5) is 66.5. The molecule has 44 heavy (non-hydrogen) atoms. The Morgan fingerprint density at radius 2 is 1.45 bits per heavy atom. The molecule has 4 amide bonds. The number of phenols is 1. The molecule has 13 nitrogen and oxygen atoms in total. The number of aromatic hydroxyl groups is 1. The summed E-state index contributed by atoms with van der Waals surface area (Å²) in [5, 5.41) is 27.7. The van der Waals surface area contributed by atoms with Crippen molar-refractivity contribution in [2.24, 2.45) is 17.4 Å². The standard InChI is InChI=1S/C31H40N6O7/c1-17(2)13-26(31(43)44)37-29(41)24(11-12-27(33)39)35-30(42)25(15-19-16-34-23-6-4-3-5-21(19)23)36-28(40)22(32)14-18-7-9-20(38)10-8-18/h3-10,16-17,22,24-26,34,38H,11-15,32H2,1-2H3,(H2,33,39)(H,35,42)(H,36,40)(H,37,41)(H,43,44). The maximum atomic E-state index is 13.7. The fourth-order valence-electron chi connectivity index (χ4n) is 4.78. The molecule has 1 aromatic heterocycles. The van der Waals surface area contributed by atoms with Crippen LogP contribution in [0, 0.1) is 5.92 Å². The van der Waals surface area contributed by atoms with E-state index >= 15 is 0 Å². The van der Waals surface area contributed by atoms with E-state index in [1.54, 1.807) is 32.2 Å². The molecule has 236 valence electrons. The number of benzene rings is 2. The lowest BCUT2D eigenvalue weighted by atomic mass is 10.0. The number of carboxylic acids is 1. The number of nitrogens with two attached hydrogens (primary N) is 2. The van der Waals surface area contributed by atoms with E-state index < -0.39 is 53.8 Å². The third kappa shape index (κ3) is 9.83. The molecule has 0 aliphatic carbocycles. The van der Waals surface area contributed by atoms with Crippen molar-refractivity contribution in [3.8, 4) is 5.75 Å². The number of hydrogen-bond donors (Lipinski definition) is 8. The Kier molecular flexibility index (Phi) is 11.9. The van der Waals surface area contributed by atoms with Crippen molar-refractivity contribution >= 4 is 40.5 Å². The lowest BCUT2D eigenvalue weighted by molar-refractivity contribution is -0.143. The zero-order valence-electron chi connectivity index (χ0n) is 24.7. The van der Waals surface area contributed by atoms with Crippen LogP contribution in [0.1, 0.15) is 44.2 Å². The Morgan fingerprint density at radius 1 is 0.841 bits per heavy atom. The van der Waals surface area contributed by atoms with Gasteiger partial charge in [0.15, 0.2) is 0 Å². The molecule has 4 atom stereocenters. The minimum Gasteiger partial charge on any atom is -0.508 e. The SMILES string of the molecule is CC(C)CC(NC(=O)C(CCC(N)=O)NC(=O)C(Cc1c[nH]c2ccccc12)NC(=O)C(N)Cc1ccc(O)cc1)C(=O)O. The molecule has 3 rings (SSSR count). The number of primary amides is 1. The number of nitrogens with one attached hydrogen (secondary N) is 4. The first kappa shape index (κ1) is 33.6. The number of fused-ring (bicyclic) bond motifs is 1. The van der Waals surface area contributed by atoms with Gasteiger partial charge < -0.3 is 42.6 Å². The number of aromatic amines is 1. The number of H-pyrrole nitrogens is 1. The van der Waals surface area contributed by atoms with Crippen LogP contribution in [-0.2, 0) is 36.8 Å². The Bertz CT molecular complexity index is 1470. The monoisotopic (exact) mass is 608 g/mol. The molecule has 0 fully saturated rings. The third-order valence-corrected chi connectivity index (χ3v) is 7.09. The Hall–Kier alpha value is -4.91. The van der Waals surface area contributed by atoms with Gasteiger partial charge in [0.05, 0.1) is 6.04 Å². The molecule has 0 aliphatic rings. The first-order valence-corrected chi connectivity index (χ1v) is 14.3. The first-order valence-electron chi connectivity index (χ1n) is 14.3. The fourth-order valence-corrected chi connectivity index (χ4v) is 4.78. The van der Waals surface area contributed by atoms with Crippen LogP contribution in [0.15, 0.2) is 54.7 Å². The van der Waals surface area contributed by atoms with Crippen molar-refractivity contribution in [2.45, 2.75) is 70.1 Å². The second-order valence-corrected chi connectivity index (χ2v) is 11.2. The van der Waals surface area contributed by atoms with Crippen LogP contribution >= 0.6 is 0 Å². The largest absolute Gasteiger partial charge is 0.508 e. The minimum absolute atomic E-state index is 0.0305. The highest BCUT2D eigenvalue weighted by atomic mass is 16.4. The summed E-state index contributed by atoms with van der Waals surface area (Å²) in [7, 11) is 0. The van der Waals surface area contributed by atoms with Crippen molar-refractivity contribution < 1.29 is 34.2 Å². The maximum Gasteiger partial charge on any atom is 0.326 e. The lowest BCUT2D eigenvalue weighted by Crippen LogP contribution is -2.58. The van der Waals surface area contributed by atoms with Gasteiger partial charge in [-0.2, -0.15) is 0 Å². The van der Waals surface area contributed by atoms with Gasteiger partial charge in [0, 0.05) is 29.9 Å². The predicted octanol–water partition coefficient (Wildman–Crippen LogP) is 0.837. The molecule has 0 bridgehead atoms. The number of rotatable bonds is 16. The third-order valence-electron chi connectivity index (χ3n) is 7.09. The molecule has 0 spiro atoms. The van der Waals surface area contributed by atoms with E-state index in [1.165, 1.54) is 12.1 Å². The topological polar surface area (TPSA) is 230 Å². The highest BCUT2D eigenvalue weighted by molar-refractivity contribution is 5.95. The summed E-state index contributed by atoms with van der Waals surface area (Å²) in [6, 6.07) is 8.85. The molecule has 13 heteroatoms. The number of phenolic OH excluding ortho intramolecular Hbond substituents is 1. The molecule has 1 heterocycles. The van der Waals surface area contributed by atoms with Crippen molar-refractivity contribution in [3.63, 3.8) is 0 Å². The highest BCUT2D eigenvalue weighted by Gasteiger charge is 2.31. The number of carbonyl (C=O) groups is 5. The van der Waals surface area contributed by atoms with E-state index in [2.05, 4.69) is 20.9 Å². The summed E-state index contributed by atoms with van der Waals surface area (Å²) in [6.45, 7) is 3.61. The van der Waals surface area contributed by atoms with Gasteiger partial charge in [-0.05, 0) is 54.5 Å². The van der Waals surface area contributed by atoms with Crippen molar-refractivity contribution in [1.29, 1.82) is 0 Å². The van der Waals surface area contributed by atoms with Crippen molar-refractivity contribution in [1.82, 2.24) is 20.9 Å². The van der Waals surface area contributed by atoms with Crippen LogP contribution in [0.3, 0.4) is 0 Å². The lowest BCUT2D eigenvalue weighted by Gasteiger charge is -2.25. The van der Waals surface area contributed by atoms with Crippen LogP contribution in [0.4, 0.5) is 0 Å². The number of amides is 4. The van der Waals surface area contributed by atoms with Crippen LogP contribution in [0.25, 0.3) is 10.9 Å². The van der Waals surface area contributed by atoms with Crippen molar-refractivity contribution in [2.75, 3.05) is 0 Å². The Labute approximate surface area is 254 Å². The highest BCUT2D eigenvalue weighted by Crippen LogP contribution is 2.20. The van der Waals surface area contributed by atoms with Crippen molar-refractivity contribution in [3.05, 3.63) is 65.9 Å². The van der Waals surface area contributed by atoms with Gasteiger partial charge in [0.25, 0.3) is 0 Å². The summed E-state index contributed by atoms with van der Waals surface area (Å²) >= 11 is 0. The fraction of sp³-hybridized carbons (Fsp3) is 0.387. The Balaban J connectivity index is 1.84. The zero-order chi connectivity index (χ0) is 32.4. The summed E-state index contributed by atoms with van der Waals surface area (Å²) in [5.41, 5.74) is 13.7. The van der Waals surface area contributed by atoms with Gasteiger partial charge in [-0.15, -0.1) is 0 Å². The molecule has 4 unspecified atom stereocenters. The summed E-state index contributed by atoms with van der Waals surface area (Å²) in [6.07, 6.45) is 1.59. The molecule has 0 saturated carbocycles. The van der Waals surface area contributed by atoms with E-state index in [-0.39, 0.29) is 43.8 Å². The molecule has 10 N–H and O–H groups in total. The van der Waals surface area contributed by atoms with Gasteiger partial charge in [-0.25, -0.2) is 4.79 Å².